The largest absolute Gasteiger partial charge is 0.493 e. The standard InChI is InChI=1S/C14H18N4O2/c1-4-16-12-8-13(18-14(15)17-12)20-10-6-5-9(2)7-11(10)19-3/h5-8H,4H2,1-3H3,(H3,15,16,17,18). The first-order chi connectivity index (χ1) is 9.62. The van der Waals surface area contributed by atoms with Gasteiger partial charge in [-0.05, 0) is 31.5 Å². The third kappa shape index (κ3) is 3.28. The van der Waals surface area contributed by atoms with Crippen LogP contribution >= 0.6 is 0 Å². The highest BCUT2D eigenvalue weighted by Gasteiger charge is 2.09. The Bertz CT molecular complexity index is 602. The van der Waals surface area contributed by atoms with Gasteiger partial charge in [-0.1, -0.05) is 6.07 Å². The van der Waals surface area contributed by atoms with Crippen LogP contribution in [0.3, 0.4) is 0 Å². The molecular formula is C14H18N4O2. The topological polar surface area (TPSA) is 82.3 Å². The highest BCUT2D eigenvalue weighted by molar-refractivity contribution is 5.47. The number of aryl methyl sites for hydroxylation is 1. The van der Waals surface area contributed by atoms with E-state index in [4.69, 9.17) is 15.2 Å². The molecule has 20 heavy (non-hydrogen) atoms. The van der Waals surface area contributed by atoms with Crippen LogP contribution in [-0.4, -0.2) is 23.6 Å². The Kier molecular flexibility index (Phi) is 4.24. The van der Waals surface area contributed by atoms with Crippen molar-refractivity contribution in [2.24, 2.45) is 0 Å². The Hall–Kier alpha value is -2.50. The number of hydrogen-bond donors (Lipinski definition) is 2. The molecule has 2 aromatic rings. The zero-order valence-electron chi connectivity index (χ0n) is 11.8. The second-order valence-corrected chi connectivity index (χ2v) is 4.24. The molecule has 0 saturated carbocycles. The minimum atomic E-state index is 0.157. The molecule has 1 heterocycles. The number of benzene rings is 1. The first-order valence-corrected chi connectivity index (χ1v) is 6.33. The van der Waals surface area contributed by atoms with Crippen LogP contribution < -0.4 is 20.5 Å². The van der Waals surface area contributed by atoms with Crippen molar-refractivity contribution in [1.29, 1.82) is 0 Å². The molecule has 0 amide bonds. The fourth-order valence-corrected chi connectivity index (χ4v) is 1.74. The van der Waals surface area contributed by atoms with Gasteiger partial charge >= 0.3 is 0 Å². The molecule has 0 spiro atoms. The molecule has 6 nitrogen and oxygen atoms in total. The molecule has 0 saturated heterocycles. The number of nitrogen functional groups attached to an aromatic ring is 1. The molecule has 0 fully saturated rings. The monoisotopic (exact) mass is 274 g/mol. The number of ether oxygens (including phenoxy) is 2. The minimum Gasteiger partial charge on any atom is -0.493 e. The molecule has 1 aromatic heterocycles. The molecule has 0 bridgehead atoms. The smallest absolute Gasteiger partial charge is 0.226 e. The fraction of sp³-hybridized carbons (Fsp3) is 0.286. The van der Waals surface area contributed by atoms with Gasteiger partial charge in [0.25, 0.3) is 0 Å². The molecule has 0 aliphatic carbocycles. The highest BCUT2D eigenvalue weighted by Crippen LogP contribution is 2.32. The molecule has 2 rings (SSSR count). The summed E-state index contributed by atoms with van der Waals surface area (Å²) >= 11 is 0. The Labute approximate surface area is 118 Å². The van der Waals surface area contributed by atoms with Crippen molar-refractivity contribution in [3.63, 3.8) is 0 Å². The van der Waals surface area contributed by atoms with E-state index in [9.17, 15) is 0 Å². The highest BCUT2D eigenvalue weighted by atomic mass is 16.5. The normalized spacial score (nSPS) is 10.2. The van der Waals surface area contributed by atoms with Crippen LogP contribution in [0, 0.1) is 6.92 Å². The number of hydrogen-bond acceptors (Lipinski definition) is 6. The third-order valence-corrected chi connectivity index (χ3v) is 2.61. The van der Waals surface area contributed by atoms with E-state index >= 15 is 0 Å². The predicted octanol–water partition coefficient (Wildman–Crippen LogP) is 2.60. The van der Waals surface area contributed by atoms with E-state index in [1.165, 1.54) is 0 Å². The van der Waals surface area contributed by atoms with Crippen LogP contribution in [0.2, 0.25) is 0 Å². The molecule has 106 valence electrons. The Morgan fingerprint density at radius 1 is 1.20 bits per heavy atom. The van der Waals surface area contributed by atoms with Gasteiger partial charge in [-0.3, -0.25) is 0 Å². The summed E-state index contributed by atoms with van der Waals surface area (Å²) in [5.41, 5.74) is 6.75. The van der Waals surface area contributed by atoms with E-state index in [2.05, 4.69) is 15.3 Å². The first kappa shape index (κ1) is 13.9. The zero-order valence-corrected chi connectivity index (χ0v) is 11.8. The summed E-state index contributed by atoms with van der Waals surface area (Å²) in [6.45, 7) is 4.70. The van der Waals surface area contributed by atoms with Crippen molar-refractivity contribution in [2.45, 2.75) is 13.8 Å². The zero-order chi connectivity index (χ0) is 14.5. The SMILES string of the molecule is CCNc1cc(Oc2ccc(C)cc2OC)nc(N)n1. The van der Waals surface area contributed by atoms with Gasteiger partial charge in [0.15, 0.2) is 11.5 Å². The second-order valence-electron chi connectivity index (χ2n) is 4.24. The fourth-order valence-electron chi connectivity index (χ4n) is 1.74. The van der Waals surface area contributed by atoms with Crippen molar-refractivity contribution < 1.29 is 9.47 Å². The van der Waals surface area contributed by atoms with E-state index in [1.807, 2.05) is 32.0 Å². The van der Waals surface area contributed by atoms with Crippen LogP contribution in [0.15, 0.2) is 24.3 Å². The Morgan fingerprint density at radius 3 is 2.70 bits per heavy atom. The lowest BCUT2D eigenvalue weighted by molar-refractivity contribution is 0.374. The summed E-state index contributed by atoms with van der Waals surface area (Å²) < 4.78 is 11.0. The number of rotatable bonds is 5. The molecule has 1 aromatic carbocycles. The van der Waals surface area contributed by atoms with Crippen LogP contribution in [0.1, 0.15) is 12.5 Å². The van der Waals surface area contributed by atoms with Crippen molar-refractivity contribution >= 4 is 11.8 Å². The molecule has 0 aliphatic rings. The van der Waals surface area contributed by atoms with Crippen molar-refractivity contribution in [3.8, 4) is 17.4 Å². The maximum absolute atomic E-state index is 5.73. The van der Waals surface area contributed by atoms with Gasteiger partial charge in [-0.15, -0.1) is 0 Å². The number of nitrogens with zero attached hydrogens (tertiary/aromatic N) is 2. The number of nitrogens with two attached hydrogens (primary N) is 1. The van der Waals surface area contributed by atoms with E-state index in [0.29, 0.717) is 23.2 Å². The second kappa shape index (κ2) is 6.10. The summed E-state index contributed by atoms with van der Waals surface area (Å²) in [6.07, 6.45) is 0. The molecule has 0 radical (unpaired) electrons. The lowest BCUT2D eigenvalue weighted by Crippen LogP contribution is -2.04. The van der Waals surface area contributed by atoms with E-state index in [0.717, 1.165) is 12.1 Å². The Balaban J connectivity index is 2.29. The molecule has 0 atom stereocenters. The number of nitrogens with one attached hydrogen (secondary N) is 1. The van der Waals surface area contributed by atoms with Crippen LogP contribution in [0.4, 0.5) is 11.8 Å². The molecule has 0 aliphatic heterocycles. The first-order valence-electron chi connectivity index (χ1n) is 6.33. The van der Waals surface area contributed by atoms with Crippen molar-refractivity contribution in [1.82, 2.24) is 9.97 Å². The van der Waals surface area contributed by atoms with Gasteiger partial charge < -0.3 is 20.5 Å². The summed E-state index contributed by atoms with van der Waals surface area (Å²) in [4.78, 5) is 8.12. The maximum atomic E-state index is 5.73. The molecule has 0 unspecified atom stereocenters. The van der Waals surface area contributed by atoms with Crippen molar-refractivity contribution in [2.75, 3.05) is 24.7 Å². The van der Waals surface area contributed by atoms with Gasteiger partial charge in [0.1, 0.15) is 5.82 Å². The minimum absolute atomic E-state index is 0.157. The van der Waals surface area contributed by atoms with Gasteiger partial charge in [-0.2, -0.15) is 9.97 Å². The Morgan fingerprint density at radius 2 is 2.00 bits per heavy atom. The number of aromatic nitrogens is 2. The van der Waals surface area contributed by atoms with Crippen LogP contribution in [0.25, 0.3) is 0 Å². The summed E-state index contributed by atoms with van der Waals surface area (Å²) in [5, 5.41) is 3.07. The molecular weight excluding hydrogens is 256 g/mol. The average Bonchev–Trinajstić information content (AvgIpc) is 2.40. The number of anilines is 2. The average molecular weight is 274 g/mol. The van der Waals surface area contributed by atoms with E-state index in [-0.39, 0.29) is 5.95 Å². The van der Waals surface area contributed by atoms with Gasteiger partial charge in [0.05, 0.1) is 7.11 Å². The van der Waals surface area contributed by atoms with E-state index in [1.54, 1.807) is 13.2 Å². The molecule has 6 heteroatoms. The summed E-state index contributed by atoms with van der Waals surface area (Å²) in [6, 6.07) is 7.36. The van der Waals surface area contributed by atoms with E-state index < -0.39 is 0 Å². The number of methoxy groups -OCH3 is 1. The third-order valence-electron chi connectivity index (χ3n) is 2.61. The predicted molar refractivity (Wildman–Crippen MR) is 78.4 cm³/mol. The van der Waals surface area contributed by atoms with Gasteiger partial charge in [0.2, 0.25) is 11.8 Å². The van der Waals surface area contributed by atoms with Gasteiger partial charge in [0, 0.05) is 12.6 Å². The molecule has 3 N–H and O–H groups in total. The lowest BCUT2D eigenvalue weighted by atomic mass is 10.2. The summed E-state index contributed by atoms with van der Waals surface area (Å²) in [5.74, 6) is 2.38. The van der Waals surface area contributed by atoms with Gasteiger partial charge in [-0.25, -0.2) is 0 Å². The maximum Gasteiger partial charge on any atom is 0.226 e. The van der Waals surface area contributed by atoms with Crippen molar-refractivity contribution in [3.05, 3.63) is 29.8 Å². The lowest BCUT2D eigenvalue weighted by Gasteiger charge is -2.11. The van der Waals surface area contributed by atoms with Crippen LogP contribution in [0.5, 0.6) is 17.4 Å². The summed E-state index contributed by atoms with van der Waals surface area (Å²) in [7, 11) is 1.60. The quantitative estimate of drug-likeness (QED) is 0.872. The van der Waals surface area contributed by atoms with Crippen LogP contribution in [-0.2, 0) is 0 Å².